The second-order valence-electron chi connectivity index (χ2n) is 4.61. The van der Waals surface area contributed by atoms with E-state index in [1.165, 1.54) is 5.56 Å². The van der Waals surface area contributed by atoms with E-state index in [4.69, 9.17) is 4.74 Å². The second kappa shape index (κ2) is 7.07. The summed E-state index contributed by atoms with van der Waals surface area (Å²) >= 11 is 0. The number of ether oxygens (including phenoxy) is 1. The molecule has 0 aliphatic heterocycles. The Morgan fingerprint density at radius 2 is 1.63 bits per heavy atom. The van der Waals surface area contributed by atoms with Crippen LogP contribution in [0.5, 0.6) is 0 Å². The van der Waals surface area contributed by atoms with Crippen molar-refractivity contribution in [3.8, 4) is 0 Å². The van der Waals surface area contributed by atoms with Crippen LogP contribution in [-0.2, 0) is 17.8 Å². The maximum atomic E-state index is 10.0. The van der Waals surface area contributed by atoms with Crippen LogP contribution in [-0.4, -0.2) is 11.7 Å². The number of aliphatic hydroxyl groups excluding tert-OH is 1. The quantitative estimate of drug-likeness (QED) is 0.857. The number of aliphatic hydroxyl groups is 1. The molecule has 100 valence electrons. The molecule has 0 saturated heterocycles. The normalized spacial score (nSPS) is 12.3. The van der Waals surface area contributed by atoms with Crippen LogP contribution in [0.1, 0.15) is 29.7 Å². The number of aryl methyl sites for hydroxylation is 1. The van der Waals surface area contributed by atoms with Gasteiger partial charge in [0, 0.05) is 0 Å². The zero-order valence-electron chi connectivity index (χ0n) is 11.3. The minimum Gasteiger partial charge on any atom is -0.386 e. The van der Waals surface area contributed by atoms with Gasteiger partial charge in [0.1, 0.15) is 6.10 Å². The molecule has 2 aromatic carbocycles. The standard InChI is InChI=1S/C17H20O2/c1-2-14-8-10-16(11-9-14)17(18)13-19-12-15-6-4-3-5-7-15/h3-11,17-18H,2,12-13H2,1H3. The highest BCUT2D eigenvalue weighted by atomic mass is 16.5. The van der Waals surface area contributed by atoms with Crippen LogP contribution in [0.3, 0.4) is 0 Å². The third kappa shape index (κ3) is 4.19. The van der Waals surface area contributed by atoms with Crippen molar-refractivity contribution in [2.24, 2.45) is 0 Å². The summed E-state index contributed by atoms with van der Waals surface area (Å²) in [6.07, 6.45) is 0.454. The largest absolute Gasteiger partial charge is 0.386 e. The van der Waals surface area contributed by atoms with Gasteiger partial charge in [-0.1, -0.05) is 61.5 Å². The molecular weight excluding hydrogens is 236 g/mol. The first kappa shape index (κ1) is 13.8. The van der Waals surface area contributed by atoms with Crippen molar-refractivity contribution in [1.82, 2.24) is 0 Å². The summed E-state index contributed by atoms with van der Waals surface area (Å²) in [4.78, 5) is 0. The lowest BCUT2D eigenvalue weighted by atomic mass is 10.1. The van der Waals surface area contributed by atoms with Gasteiger partial charge >= 0.3 is 0 Å². The van der Waals surface area contributed by atoms with Crippen molar-refractivity contribution >= 4 is 0 Å². The highest BCUT2D eigenvalue weighted by Crippen LogP contribution is 2.15. The predicted molar refractivity (Wildman–Crippen MR) is 76.9 cm³/mol. The first-order chi connectivity index (χ1) is 9.29. The summed E-state index contributed by atoms with van der Waals surface area (Å²) in [5, 5.41) is 10.0. The van der Waals surface area contributed by atoms with E-state index in [9.17, 15) is 5.11 Å². The van der Waals surface area contributed by atoms with Gasteiger partial charge in [-0.3, -0.25) is 0 Å². The van der Waals surface area contributed by atoms with Gasteiger partial charge in [0.25, 0.3) is 0 Å². The molecule has 0 aliphatic carbocycles. The molecule has 2 heteroatoms. The molecule has 1 N–H and O–H groups in total. The lowest BCUT2D eigenvalue weighted by Crippen LogP contribution is -2.07. The number of rotatable bonds is 6. The molecule has 2 rings (SSSR count). The Balaban J connectivity index is 1.82. The highest BCUT2D eigenvalue weighted by Gasteiger charge is 2.07. The molecule has 1 atom stereocenters. The van der Waals surface area contributed by atoms with Crippen molar-refractivity contribution < 1.29 is 9.84 Å². The number of hydrogen-bond donors (Lipinski definition) is 1. The van der Waals surface area contributed by atoms with Crippen molar-refractivity contribution in [2.75, 3.05) is 6.61 Å². The predicted octanol–water partition coefficient (Wildman–Crippen LogP) is 3.50. The molecule has 0 aromatic heterocycles. The second-order valence-corrected chi connectivity index (χ2v) is 4.61. The zero-order chi connectivity index (χ0) is 13.5. The molecular formula is C17H20O2. The molecule has 2 aromatic rings. The summed E-state index contributed by atoms with van der Waals surface area (Å²) in [7, 11) is 0. The fourth-order valence-corrected chi connectivity index (χ4v) is 1.93. The van der Waals surface area contributed by atoms with E-state index < -0.39 is 6.10 Å². The van der Waals surface area contributed by atoms with Gasteiger partial charge in [-0.25, -0.2) is 0 Å². The molecule has 0 bridgehead atoms. The van der Waals surface area contributed by atoms with E-state index in [1.54, 1.807) is 0 Å². The summed E-state index contributed by atoms with van der Waals surface area (Å²) < 4.78 is 5.54. The molecule has 1 unspecified atom stereocenters. The van der Waals surface area contributed by atoms with Crippen LogP contribution in [0.25, 0.3) is 0 Å². The van der Waals surface area contributed by atoms with Gasteiger partial charge in [-0.15, -0.1) is 0 Å². The summed E-state index contributed by atoms with van der Waals surface area (Å²) in [5.41, 5.74) is 3.31. The monoisotopic (exact) mass is 256 g/mol. The lowest BCUT2D eigenvalue weighted by Gasteiger charge is -2.12. The van der Waals surface area contributed by atoms with Crippen molar-refractivity contribution in [2.45, 2.75) is 26.1 Å². The molecule has 0 fully saturated rings. The third-order valence-electron chi connectivity index (χ3n) is 3.16. The number of hydrogen-bond acceptors (Lipinski definition) is 2. The maximum Gasteiger partial charge on any atom is 0.102 e. The van der Waals surface area contributed by atoms with Crippen molar-refractivity contribution in [3.05, 3.63) is 71.3 Å². The van der Waals surface area contributed by atoms with Crippen LogP contribution >= 0.6 is 0 Å². The first-order valence-corrected chi connectivity index (χ1v) is 6.68. The zero-order valence-corrected chi connectivity index (χ0v) is 11.3. The van der Waals surface area contributed by atoms with Gasteiger partial charge in [0.05, 0.1) is 13.2 Å². The summed E-state index contributed by atoms with van der Waals surface area (Å²) in [6, 6.07) is 18.0. The van der Waals surface area contributed by atoms with Gasteiger partial charge in [-0.05, 0) is 23.1 Å². The minimum atomic E-state index is -0.561. The molecule has 0 saturated carbocycles. The third-order valence-corrected chi connectivity index (χ3v) is 3.16. The SMILES string of the molecule is CCc1ccc(C(O)COCc2ccccc2)cc1. The maximum absolute atomic E-state index is 10.0. The van der Waals surface area contributed by atoms with Gasteiger partial charge in [-0.2, -0.15) is 0 Å². The molecule has 2 nitrogen and oxygen atoms in total. The fourth-order valence-electron chi connectivity index (χ4n) is 1.93. The van der Waals surface area contributed by atoms with Crippen LogP contribution in [0.15, 0.2) is 54.6 Å². The average Bonchev–Trinajstić information content (AvgIpc) is 2.48. The molecule has 0 amide bonds. The van der Waals surface area contributed by atoms with E-state index in [1.807, 2.05) is 42.5 Å². The Morgan fingerprint density at radius 1 is 0.947 bits per heavy atom. The van der Waals surface area contributed by atoms with Crippen LogP contribution < -0.4 is 0 Å². The van der Waals surface area contributed by atoms with E-state index in [0.29, 0.717) is 13.2 Å². The van der Waals surface area contributed by atoms with Crippen LogP contribution in [0, 0.1) is 0 Å². The number of benzene rings is 2. The van der Waals surface area contributed by atoms with Gasteiger partial charge in [0.15, 0.2) is 0 Å². The first-order valence-electron chi connectivity index (χ1n) is 6.68. The van der Waals surface area contributed by atoms with Gasteiger partial charge in [0.2, 0.25) is 0 Å². The van der Waals surface area contributed by atoms with Crippen LogP contribution in [0.4, 0.5) is 0 Å². The Hall–Kier alpha value is -1.64. The molecule has 0 spiro atoms. The molecule has 0 radical (unpaired) electrons. The average molecular weight is 256 g/mol. The molecule has 0 heterocycles. The van der Waals surface area contributed by atoms with Gasteiger partial charge < -0.3 is 9.84 Å². The Labute approximate surface area is 114 Å². The topological polar surface area (TPSA) is 29.5 Å². The minimum absolute atomic E-state index is 0.320. The highest BCUT2D eigenvalue weighted by molar-refractivity contribution is 5.24. The van der Waals surface area contributed by atoms with E-state index in [2.05, 4.69) is 19.1 Å². The Kier molecular flexibility index (Phi) is 5.13. The lowest BCUT2D eigenvalue weighted by molar-refractivity contribution is 0.0277. The Bertz CT molecular complexity index is 476. The van der Waals surface area contributed by atoms with Crippen molar-refractivity contribution in [1.29, 1.82) is 0 Å². The van der Waals surface area contributed by atoms with E-state index in [-0.39, 0.29) is 0 Å². The van der Waals surface area contributed by atoms with E-state index in [0.717, 1.165) is 17.5 Å². The van der Waals surface area contributed by atoms with Crippen LogP contribution in [0.2, 0.25) is 0 Å². The Morgan fingerprint density at radius 3 is 2.26 bits per heavy atom. The fraction of sp³-hybridized carbons (Fsp3) is 0.294. The molecule has 19 heavy (non-hydrogen) atoms. The smallest absolute Gasteiger partial charge is 0.102 e. The summed E-state index contributed by atoms with van der Waals surface area (Å²) in [6.45, 7) is 2.97. The molecule has 0 aliphatic rings. The van der Waals surface area contributed by atoms with Crippen molar-refractivity contribution in [3.63, 3.8) is 0 Å². The summed E-state index contributed by atoms with van der Waals surface area (Å²) in [5.74, 6) is 0. The van der Waals surface area contributed by atoms with E-state index >= 15 is 0 Å².